The summed E-state index contributed by atoms with van der Waals surface area (Å²) in [5.74, 6) is 0.123. The molecule has 0 atom stereocenters. The Morgan fingerprint density at radius 3 is 2.68 bits per heavy atom. The maximum atomic E-state index is 12.1. The molecule has 1 aromatic carbocycles. The second-order valence-electron chi connectivity index (χ2n) is 5.15. The molecule has 1 heterocycles. The zero-order chi connectivity index (χ0) is 18.4. The minimum Gasteiger partial charge on any atom is -0.495 e. The number of carbonyl (C=O) groups is 1. The van der Waals surface area contributed by atoms with Gasteiger partial charge in [0.25, 0.3) is 5.91 Å². The summed E-state index contributed by atoms with van der Waals surface area (Å²) in [4.78, 5) is 15.9. The van der Waals surface area contributed by atoms with Crippen LogP contribution in [-0.4, -0.2) is 45.8 Å². The number of sulfonamides is 1. The number of hydrogen-bond acceptors (Lipinski definition) is 5. The molecule has 2 rings (SSSR count). The highest BCUT2D eigenvalue weighted by Crippen LogP contribution is 2.29. The average molecular weight is 384 g/mol. The third kappa shape index (κ3) is 5.07. The number of carbonyl (C=O) groups excluding carboxylic acids is 1. The van der Waals surface area contributed by atoms with E-state index in [4.69, 9.17) is 16.3 Å². The van der Waals surface area contributed by atoms with Crippen LogP contribution in [-0.2, 0) is 10.0 Å². The number of nitrogens with zero attached hydrogens (tertiary/aromatic N) is 2. The normalized spacial score (nSPS) is 11.0. The Labute approximate surface area is 151 Å². The Morgan fingerprint density at radius 2 is 2.12 bits per heavy atom. The number of benzene rings is 1. The van der Waals surface area contributed by atoms with E-state index >= 15 is 0 Å². The molecule has 1 amide bonds. The van der Waals surface area contributed by atoms with Crippen LogP contribution in [0, 0.1) is 0 Å². The Hall–Kier alpha value is -2.32. The fraction of sp³-hybridized carbons (Fsp3) is 0.250. The predicted molar refractivity (Wildman–Crippen MR) is 96.8 cm³/mol. The summed E-state index contributed by atoms with van der Waals surface area (Å²) in [6.45, 7) is 0.192. The first-order valence-electron chi connectivity index (χ1n) is 7.32. The largest absolute Gasteiger partial charge is 0.495 e. The van der Waals surface area contributed by atoms with Crippen molar-refractivity contribution in [2.75, 3.05) is 30.8 Å². The topological polar surface area (TPSA) is 88.6 Å². The maximum Gasteiger partial charge on any atom is 0.252 e. The van der Waals surface area contributed by atoms with E-state index in [1.807, 2.05) is 0 Å². The van der Waals surface area contributed by atoms with Crippen LogP contribution >= 0.6 is 11.6 Å². The molecule has 0 aliphatic carbocycles. The highest BCUT2D eigenvalue weighted by atomic mass is 35.5. The van der Waals surface area contributed by atoms with Gasteiger partial charge in [-0.25, -0.2) is 8.42 Å². The van der Waals surface area contributed by atoms with Gasteiger partial charge < -0.3 is 10.1 Å². The van der Waals surface area contributed by atoms with Gasteiger partial charge >= 0.3 is 0 Å². The van der Waals surface area contributed by atoms with E-state index < -0.39 is 10.0 Å². The van der Waals surface area contributed by atoms with E-state index in [9.17, 15) is 13.2 Å². The zero-order valence-electron chi connectivity index (χ0n) is 13.8. The Morgan fingerprint density at radius 1 is 1.36 bits per heavy atom. The number of nitrogens with one attached hydrogen (secondary N) is 1. The lowest BCUT2D eigenvalue weighted by atomic mass is 10.2. The highest BCUT2D eigenvalue weighted by molar-refractivity contribution is 7.92. The molecule has 0 fully saturated rings. The minimum atomic E-state index is -3.55. The molecular weight excluding hydrogens is 366 g/mol. The molecule has 1 N–H and O–H groups in total. The van der Waals surface area contributed by atoms with Crippen molar-refractivity contribution in [3.05, 3.63) is 53.3 Å². The number of halogens is 1. The molecule has 0 aliphatic rings. The Balaban J connectivity index is 2.09. The van der Waals surface area contributed by atoms with Crippen LogP contribution in [0.15, 0.2) is 42.7 Å². The van der Waals surface area contributed by atoms with Gasteiger partial charge in [0.05, 0.1) is 36.2 Å². The van der Waals surface area contributed by atoms with E-state index in [0.29, 0.717) is 22.0 Å². The van der Waals surface area contributed by atoms with Crippen LogP contribution in [0.4, 0.5) is 5.69 Å². The van der Waals surface area contributed by atoms with Crippen molar-refractivity contribution in [3.63, 3.8) is 0 Å². The van der Waals surface area contributed by atoms with E-state index in [2.05, 4.69) is 10.3 Å². The number of hydrogen-bond donors (Lipinski definition) is 1. The van der Waals surface area contributed by atoms with Gasteiger partial charge in [0.15, 0.2) is 0 Å². The number of anilines is 1. The molecule has 0 aliphatic heterocycles. The molecule has 0 unspecified atom stereocenters. The number of aromatic nitrogens is 1. The summed E-state index contributed by atoms with van der Waals surface area (Å²) in [6.07, 6.45) is 4.09. The Bertz CT molecular complexity index is 844. The first-order valence-corrected chi connectivity index (χ1v) is 9.55. The monoisotopic (exact) mass is 383 g/mol. The highest BCUT2D eigenvalue weighted by Gasteiger charge is 2.19. The van der Waals surface area contributed by atoms with Gasteiger partial charge in [0.1, 0.15) is 5.75 Å². The number of methoxy groups -OCH3 is 1. The minimum absolute atomic E-state index is 0.0630. The van der Waals surface area contributed by atoms with Gasteiger partial charge in [-0.3, -0.25) is 14.1 Å². The summed E-state index contributed by atoms with van der Waals surface area (Å²) >= 11 is 6.07. The Kier molecular flexibility index (Phi) is 6.22. The molecule has 0 bridgehead atoms. The number of pyridine rings is 1. The third-order valence-corrected chi connectivity index (χ3v) is 4.84. The second kappa shape index (κ2) is 8.17. The molecule has 0 spiro atoms. The van der Waals surface area contributed by atoms with Gasteiger partial charge in [-0.15, -0.1) is 0 Å². The molecule has 2 aromatic rings. The standard InChI is InChI=1S/C16H18ClN3O4S/c1-24-15-6-5-13(10-14(15)17)20(25(2,22)23)9-8-19-16(21)12-4-3-7-18-11-12/h3-7,10-11H,8-9H2,1-2H3,(H,19,21). The van der Waals surface area contributed by atoms with Crippen molar-refractivity contribution in [1.29, 1.82) is 0 Å². The van der Waals surface area contributed by atoms with Crippen molar-refractivity contribution in [2.45, 2.75) is 0 Å². The summed E-state index contributed by atoms with van der Waals surface area (Å²) < 4.78 is 30.4. The fourth-order valence-corrected chi connectivity index (χ4v) is 3.34. The van der Waals surface area contributed by atoms with E-state index in [1.54, 1.807) is 30.5 Å². The molecule has 0 radical (unpaired) electrons. The quantitative estimate of drug-likeness (QED) is 0.789. The molecule has 9 heteroatoms. The summed E-state index contributed by atoms with van der Waals surface area (Å²) in [6, 6.07) is 7.96. The molecule has 7 nitrogen and oxygen atoms in total. The van der Waals surface area contributed by atoms with Crippen molar-refractivity contribution < 1.29 is 17.9 Å². The van der Waals surface area contributed by atoms with Crippen LogP contribution in [0.1, 0.15) is 10.4 Å². The number of ether oxygens (including phenoxy) is 1. The summed E-state index contributed by atoms with van der Waals surface area (Å²) in [5.41, 5.74) is 0.796. The lowest BCUT2D eigenvalue weighted by Gasteiger charge is -2.23. The van der Waals surface area contributed by atoms with Crippen molar-refractivity contribution in [2.24, 2.45) is 0 Å². The second-order valence-corrected chi connectivity index (χ2v) is 7.47. The van der Waals surface area contributed by atoms with E-state index in [1.165, 1.54) is 23.7 Å². The van der Waals surface area contributed by atoms with Crippen molar-refractivity contribution in [1.82, 2.24) is 10.3 Å². The average Bonchev–Trinajstić information content (AvgIpc) is 2.58. The van der Waals surface area contributed by atoms with Gasteiger partial charge in [-0.05, 0) is 30.3 Å². The lowest BCUT2D eigenvalue weighted by Crippen LogP contribution is -2.38. The van der Waals surface area contributed by atoms with E-state index in [0.717, 1.165) is 6.26 Å². The van der Waals surface area contributed by atoms with Crippen LogP contribution < -0.4 is 14.4 Å². The van der Waals surface area contributed by atoms with Crippen molar-refractivity contribution >= 4 is 33.2 Å². The summed E-state index contributed by atoms with van der Waals surface area (Å²) in [5, 5.41) is 2.96. The van der Waals surface area contributed by atoms with Crippen LogP contribution in [0.3, 0.4) is 0 Å². The fourth-order valence-electron chi connectivity index (χ4n) is 2.17. The van der Waals surface area contributed by atoms with Gasteiger partial charge in [-0.1, -0.05) is 11.6 Å². The van der Waals surface area contributed by atoms with Crippen LogP contribution in [0.2, 0.25) is 5.02 Å². The summed E-state index contributed by atoms with van der Waals surface area (Å²) in [7, 11) is -2.07. The third-order valence-electron chi connectivity index (χ3n) is 3.35. The van der Waals surface area contributed by atoms with E-state index in [-0.39, 0.29) is 19.0 Å². The molecule has 25 heavy (non-hydrogen) atoms. The van der Waals surface area contributed by atoms with Crippen LogP contribution in [0.25, 0.3) is 0 Å². The van der Waals surface area contributed by atoms with Gasteiger partial charge in [-0.2, -0.15) is 0 Å². The lowest BCUT2D eigenvalue weighted by molar-refractivity contribution is 0.0954. The predicted octanol–water partition coefficient (Wildman–Crippen LogP) is 1.94. The first kappa shape index (κ1) is 19.0. The smallest absolute Gasteiger partial charge is 0.252 e. The molecule has 1 aromatic heterocycles. The van der Waals surface area contributed by atoms with Crippen molar-refractivity contribution in [3.8, 4) is 5.75 Å². The molecule has 0 saturated carbocycles. The SMILES string of the molecule is COc1ccc(N(CCNC(=O)c2cccnc2)S(C)(=O)=O)cc1Cl. The number of amides is 1. The number of rotatable bonds is 7. The first-order chi connectivity index (χ1) is 11.8. The molecule has 134 valence electrons. The maximum absolute atomic E-state index is 12.1. The molecular formula is C16H18ClN3O4S. The van der Waals surface area contributed by atoms with Gasteiger partial charge in [0.2, 0.25) is 10.0 Å². The zero-order valence-corrected chi connectivity index (χ0v) is 15.3. The molecule has 0 saturated heterocycles. The van der Waals surface area contributed by atoms with Gasteiger partial charge in [0, 0.05) is 18.9 Å². The van der Waals surface area contributed by atoms with Crippen LogP contribution in [0.5, 0.6) is 5.75 Å².